The number of aromatic hydroxyl groups is 1. The number of fused-ring (bicyclic) bond motifs is 3. The van der Waals surface area contributed by atoms with Crippen LogP contribution in [0.15, 0.2) is 30.6 Å². The standard InChI is InChI=1S/C25H27N7O3/c33-21-9-14(20-12-27-24-25(29-20)35-8-7-34-24)1-6-19(21)23-26-13-22(30-31-23)32(17-4-5-17)18-10-15-2-3-16(11-18)28-15/h1,6,9,12-13,15-18,28,33H,2-5,7-8,10-11H2/t15-,16+,18?. The van der Waals surface area contributed by atoms with Crippen molar-refractivity contribution in [1.82, 2.24) is 30.5 Å². The molecule has 1 aliphatic carbocycles. The molecule has 3 atom stereocenters. The quantitative estimate of drug-likeness (QED) is 0.572. The number of hydrogen-bond acceptors (Lipinski definition) is 10. The van der Waals surface area contributed by atoms with Crippen LogP contribution in [0.3, 0.4) is 0 Å². The number of ether oxygens (including phenoxy) is 2. The molecule has 4 aliphatic rings. The fourth-order valence-corrected chi connectivity index (χ4v) is 5.64. The molecule has 0 radical (unpaired) electrons. The van der Waals surface area contributed by atoms with E-state index in [2.05, 4.69) is 35.4 Å². The molecule has 3 fully saturated rings. The minimum absolute atomic E-state index is 0.0581. The lowest BCUT2D eigenvalue weighted by molar-refractivity contribution is 0.157. The zero-order chi connectivity index (χ0) is 23.4. The van der Waals surface area contributed by atoms with Crippen molar-refractivity contribution in [1.29, 1.82) is 0 Å². The summed E-state index contributed by atoms with van der Waals surface area (Å²) < 4.78 is 11.0. The summed E-state index contributed by atoms with van der Waals surface area (Å²) in [6.07, 6.45) is 10.7. The van der Waals surface area contributed by atoms with Crippen molar-refractivity contribution in [2.24, 2.45) is 0 Å². The van der Waals surface area contributed by atoms with E-state index in [1.807, 2.05) is 12.3 Å². The van der Waals surface area contributed by atoms with Gasteiger partial charge in [0.2, 0.25) is 0 Å². The molecule has 3 aromatic rings. The normalized spacial score (nSPS) is 24.9. The topological polar surface area (TPSA) is 118 Å². The van der Waals surface area contributed by atoms with Gasteiger partial charge in [-0.25, -0.2) is 15.0 Å². The average molecular weight is 474 g/mol. The van der Waals surface area contributed by atoms with Gasteiger partial charge in [-0.2, -0.15) is 0 Å². The Labute approximate surface area is 202 Å². The predicted molar refractivity (Wildman–Crippen MR) is 127 cm³/mol. The summed E-state index contributed by atoms with van der Waals surface area (Å²) in [7, 11) is 0. The third-order valence-electron chi connectivity index (χ3n) is 7.40. The minimum atomic E-state index is 0.0581. The van der Waals surface area contributed by atoms with Gasteiger partial charge in [-0.1, -0.05) is 6.07 Å². The highest BCUT2D eigenvalue weighted by Crippen LogP contribution is 2.39. The molecule has 2 bridgehead atoms. The molecule has 35 heavy (non-hydrogen) atoms. The van der Waals surface area contributed by atoms with Gasteiger partial charge in [0, 0.05) is 29.7 Å². The van der Waals surface area contributed by atoms with Gasteiger partial charge in [-0.05, 0) is 50.7 Å². The lowest BCUT2D eigenvalue weighted by Crippen LogP contribution is -2.49. The van der Waals surface area contributed by atoms with Crippen LogP contribution in [0.25, 0.3) is 22.6 Å². The molecule has 1 saturated carbocycles. The molecule has 2 saturated heterocycles. The second kappa shape index (κ2) is 8.30. The Morgan fingerprint density at radius 2 is 1.69 bits per heavy atom. The number of nitrogens with one attached hydrogen (secondary N) is 1. The number of hydrogen-bond donors (Lipinski definition) is 2. The Kier molecular flexibility index (Phi) is 4.93. The average Bonchev–Trinajstić information content (AvgIpc) is 3.67. The Balaban J connectivity index is 1.13. The number of phenols is 1. The summed E-state index contributed by atoms with van der Waals surface area (Å²) in [6, 6.07) is 7.54. The third-order valence-corrected chi connectivity index (χ3v) is 7.40. The van der Waals surface area contributed by atoms with E-state index in [0.717, 1.165) is 18.7 Å². The van der Waals surface area contributed by atoms with E-state index in [4.69, 9.17) is 9.47 Å². The van der Waals surface area contributed by atoms with Crippen LogP contribution in [0.1, 0.15) is 38.5 Å². The molecular weight excluding hydrogens is 446 g/mol. The molecule has 1 unspecified atom stereocenters. The van der Waals surface area contributed by atoms with E-state index in [1.165, 1.54) is 25.7 Å². The van der Waals surface area contributed by atoms with Gasteiger partial charge in [-0.3, -0.25) is 0 Å². The van der Waals surface area contributed by atoms with E-state index < -0.39 is 0 Å². The first-order valence-corrected chi connectivity index (χ1v) is 12.4. The highest BCUT2D eigenvalue weighted by molar-refractivity contribution is 5.71. The lowest BCUT2D eigenvalue weighted by Gasteiger charge is -2.38. The Morgan fingerprint density at radius 1 is 0.886 bits per heavy atom. The molecule has 0 spiro atoms. The third kappa shape index (κ3) is 3.91. The van der Waals surface area contributed by atoms with Crippen molar-refractivity contribution in [3.05, 3.63) is 30.6 Å². The highest BCUT2D eigenvalue weighted by atomic mass is 16.6. The molecule has 1 aromatic carbocycles. The van der Waals surface area contributed by atoms with E-state index in [9.17, 15) is 5.11 Å². The predicted octanol–water partition coefficient (Wildman–Crippen LogP) is 2.72. The molecule has 2 N–H and O–H groups in total. The molecule has 3 aliphatic heterocycles. The van der Waals surface area contributed by atoms with Crippen LogP contribution in [0.2, 0.25) is 0 Å². The number of aromatic nitrogens is 5. The van der Waals surface area contributed by atoms with Crippen molar-refractivity contribution in [3.8, 4) is 40.2 Å². The summed E-state index contributed by atoms with van der Waals surface area (Å²) in [5, 5.41) is 23.5. The lowest BCUT2D eigenvalue weighted by atomic mass is 9.98. The monoisotopic (exact) mass is 473 g/mol. The smallest absolute Gasteiger partial charge is 0.278 e. The Bertz CT molecular complexity index is 1240. The van der Waals surface area contributed by atoms with Crippen molar-refractivity contribution in [2.75, 3.05) is 18.1 Å². The minimum Gasteiger partial charge on any atom is -0.507 e. The largest absolute Gasteiger partial charge is 0.507 e. The van der Waals surface area contributed by atoms with Crippen LogP contribution in [-0.2, 0) is 0 Å². The van der Waals surface area contributed by atoms with Gasteiger partial charge in [0.05, 0.1) is 23.7 Å². The maximum atomic E-state index is 10.8. The Hall–Kier alpha value is -3.53. The van der Waals surface area contributed by atoms with Crippen LogP contribution >= 0.6 is 0 Å². The fourth-order valence-electron chi connectivity index (χ4n) is 5.64. The SMILES string of the molecule is Oc1cc(-c2cnc3c(n2)OCCO3)ccc1-c1ncc(N(C2CC2)C2C[C@H]3CC[C@@H](C2)N3)nn1. The van der Waals surface area contributed by atoms with E-state index in [1.54, 1.807) is 18.3 Å². The van der Waals surface area contributed by atoms with E-state index >= 15 is 0 Å². The molecule has 2 aromatic heterocycles. The van der Waals surface area contributed by atoms with Crippen LogP contribution in [0, 0.1) is 0 Å². The van der Waals surface area contributed by atoms with Crippen LogP contribution in [0.4, 0.5) is 5.82 Å². The molecule has 0 amide bonds. The number of rotatable bonds is 5. The van der Waals surface area contributed by atoms with E-state index in [-0.39, 0.29) is 5.75 Å². The molecule has 10 heteroatoms. The number of piperidine rings is 1. The first kappa shape index (κ1) is 20.8. The number of anilines is 1. The number of benzene rings is 1. The zero-order valence-electron chi connectivity index (χ0n) is 19.3. The van der Waals surface area contributed by atoms with Gasteiger partial charge in [0.25, 0.3) is 11.8 Å². The fraction of sp³-hybridized carbons (Fsp3) is 0.480. The van der Waals surface area contributed by atoms with Crippen LogP contribution < -0.4 is 19.7 Å². The van der Waals surface area contributed by atoms with Crippen molar-refractivity contribution in [2.45, 2.75) is 62.7 Å². The summed E-state index contributed by atoms with van der Waals surface area (Å²) in [5.41, 5.74) is 1.82. The van der Waals surface area contributed by atoms with Gasteiger partial charge < -0.3 is 24.8 Å². The molecule has 5 heterocycles. The Morgan fingerprint density at radius 3 is 2.40 bits per heavy atom. The summed E-state index contributed by atoms with van der Waals surface area (Å²) >= 11 is 0. The first-order chi connectivity index (χ1) is 17.2. The van der Waals surface area contributed by atoms with Crippen LogP contribution in [-0.4, -0.2) is 67.6 Å². The summed E-state index contributed by atoms with van der Waals surface area (Å²) in [4.78, 5) is 15.8. The van der Waals surface area contributed by atoms with E-state index in [0.29, 0.717) is 71.8 Å². The van der Waals surface area contributed by atoms with Crippen molar-refractivity contribution in [3.63, 3.8) is 0 Å². The zero-order valence-corrected chi connectivity index (χ0v) is 19.3. The molecule has 10 nitrogen and oxygen atoms in total. The van der Waals surface area contributed by atoms with Gasteiger partial charge in [0.15, 0.2) is 11.6 Å². The number of phenolic OH excluding ortho intramolecular Hbond substituents is 1. The van der Waals surface area contributed by atoms with Gasteiger partial charge in [0.1, 0.15) is 19.0 Å². The molecule has 180 valence electrons. The van der Waals surface area contributed by atoms with Crippen molar-refractivity contribution < 1.29 is 14.6 Å². The second-order valence-electron chi connectivity index (χ2n) is 9.84. The second-order valence-corrected chi connectivity index (χ2v) is 9.84. The highest BCUT2D eigenvalue weighted by Gasteiger charge is 2.41. The number of nitrogens with zero attached hydrogens (tertiary/aromatic N) is 6. The molecular formula is C25H27N7O3. The summed E-state index contributed by atoms with van der Waals surface area (Å²) in [6.45, 7) is 0.896. The van der Waals surface area contributed by atoms with Crippen molar-refractivity contribution >= 4 is 5.82 Å². The maximum absolute atomic E-state index is 10.8. The first-order valence-electron chi connectivity index (χ1n) is 12.4. The van der Waals surface area contributed by atoms with Gasteiger partial charge in [-0.15, -0.1) is 10.2 Å². The summed E-state index contributed by atoms with van der Waals surface area (Å²) in [5.74, 6) is 2.04. The molecule has 7 rings (SSSR count). The maximum Gasteiger partial charge on any atom is 0.278 e. The van der Waals surface area contributed by atoms with Crippen LogP contribution in [0.5, 0.6) is 17.5 Å². The van der Waals surface area contributed by atoms with Gasteiger partial charge >= 0.3 is 0 Å².